The van der Waals surface area contributed by atoms with Crippen molar-refractivity contribution in [2.45, 2.75) is 27.3 Å². The fourth-order valence-electron chi connectivity index (χ4n) is 1.79. The van der Waals surface area contributed by atoms with Crippen molar-refractivity contribution in [1.82, 2.24) is 5.32 Å². The number of allylic oxidation sites excluding steroid dienone is 4. The molecule has 20 heavy (non-hydrogen) atoms. The normalized spacial score (nSPS) is 13.8. The smallest absolute Gasteiger partial charge is 0.0643 e. The van der Waals surface area contributed by atoms with Crippen molar-refractivity contribution in [3.05, 3.63) is 70.5 Å². The molecule has 0 atom stereocenters. The molecule has 0 aliphatic rings. The van der Waals surface area contributed by atoms with Crippen molar-refractivity contribution in [3.8, 4) is 0 Å². The fourth-order valence-corrected chi connectivity index (χ4v) is 2.02. The first-order valence-electron chi connectivity index (χ1n) is 6.52. The predicted octanol–water partition coefficient (Wildman–Crippen LogP) is 4.95. The molecule has 0 unspecified atom stereocenters. The number of halogens is 1. The van der Waals surface area contributed by atoms with Crippen molar-refractivity contribution in [2.75, 3.05) is 0 Å². The Balaban J connectivity index is 2.99. The Morgan fingerprint density at radius 3 is 2.45 bits per heavy atom. The molecule has 0 aliphatic carbocycles. The maximum atomic E-state index is 4.67. The Kier molecular flexibility index (Phi) is 7.02. The summed E-state index contributed by atoms with van der Waals surface area (Å²) in [5, 5.41) is 3.13. The molecule has 0 bridgehead atoms. The van der Waals surface area contributed by atoms with Gasteiger partial charge < -0.3 is 5.32 Å². The first-order chi connectivity index (χ1) is 9.54. The van der Waals surface area contributed by atoms with Gasteiger partial charge in [-0.1, -0.05) is 52.8 Å². The third-order valence-electron chi connectivity index (χ3n) is 2.80. The van der Waals surface area contributed by atoms with Gasteiger partial charge in [-0.15, -0.1) is 0 Å². The topological polar surface area (TPSA) is 24.4 Å². The minimum atomic E-state index is 0.687. The van der Waals surface area contributed by atoms with Gasteiger partial charge in [-0.25, -0.2) is 0 Å². The van der Waals surface area contributed by atoms with Crippen LogP contribution >= 0.6 is 15.9 Å². The lowest BCUT2D eigenvalue weighted by atomic mass is 10.1. The van der Waals surface area contributed by atoms with Gasteiger partial charge in [0.05, 0.1) is 6.54 Å². The second-order valence-electron chi connectivity index (χ2n) is 4.51. The molecule has 1 aromatic carbocycles. The molecular weight excluding hydrogens is 312 g/mol. The van der Waals surface area contributed by atoms with E-state index in [2.05, 4.69) is 51.0 Å². The van der Waals surface area contributed by atoms with Crippen LogP contribution in [0.3, 0.4) is 0 Å². The zero-order valence-corrected chi connectivity index (χ0v) is 13.9. The molecule has 2 nitrogen and oxygen atoms in total. The van der Waals surface area contributed by atoms with E-state index in [1.807, 2.05) is 39.0 Å². The summed E-state index contributed by atoms with van der Waals surface area (Å²) >= 11 is 3.48. The zero-order chi connectivity index (χ0) is 15.0. The number of nitrogens with zero attached hydrogens (tertiary/aromatic N) is 1. The quantitative estimate of drug-likeness (QED) is 0.578. The number of nitrogens with one attached hydrogen (secondary N) is 1. The van der Waals surface area contributed by atoms with E-state index in [4.69, 9.17) is 0 Å². The van der Waals surface area contributed by atoms with E-state index >= 15 is 0 Å². The lowest BCUT2D eigenvalue weighted by Crippen LogP contribution is -2.09. The molecule has 1 rings (SSSR count). The van der Waals surface area contributed by atoms with Crippen molar-refractivity contribution in [3.63, 3.8) is 0 Å². The van der Waals surface area contributed by atoms with Gasteiger partial charge in [0.2, 0.25) is 0 Å². The molecule has 0 saturated carbocycles. The van der Waals surface area contributed by atoms with Gasteiger partial charge in [0, 0.05) is 17.0 Å². The molecule has 0 spiro atoms. The maximum absolute atomic E-state index is 4.67. The van der Waals surface area contributed by atoms with Crippen LogP contribution in [0.5, 0.6) is 0 Å². The lowest BCUT2D eigenvalue weighted by molar-refractivity contribution is 1.03. The minimum Gasteiger partial charge on any atom is -0.365 e. The summed E-state index contributed by atoms with van der Waals surface area (Å²) in [5.41, 5.74) is 4.32. The van der Waals surface area contributed by atoms with Crippen LogP contribution in [0.15, 0.2) is 69.9 Å². The van der Waals surface area contributed by atoms with Crippen LogP contribution in [0.2, 0.25) is 0 Å². The van der Waals surface area contributed by atoms with Crippen LogP contribution in [0.4, 0.5) is 0 Å². The second-order valence-corrected chi connectivity index (χ2v) is 5.76. The molecule has 0 aliphatic heterocycles. The standard InChI is InChI=1S/C17H21BrN2/c1-5-19-14(3)17(11-13(2)18)15(4)20-12-16-9-7-6-8-10-16/h5-11,19H,1,12H2,2-4H3/b13-11+,17-14?,20-15?. The first kappa shape index (κ1) is 16.4. The molecule has 0 amide bonds. The molecule has 1 N–H and O–H groups in total. The number of hydrogen-bond donors (Lipinski definition) is 1. The van der Waals surface area contributed by atoms with Gasteiger partial charge >= 0.3 is 0 Å². The number of aliphatic imine (C=N–C) groups is 1. The summed E-state index contributed by atoms with van der Waals surface area (Å²) in [6, 6.07) is 10.2. The fraction of sp³-hybridized carbons (Fsp3) is 0.235. The third kappa shape index (κ3) is 5.57. The van der Waals surface area contributed by atoms with Crippen LogP contribution in [-0.2, 0) is 6.54 Å². The summed E-state index contributed by atoms with van der Waals surface area (Å²) in [6.07, 6.45) is 3.74. The molecular formula is C17H21BrN2. The molecule has 106 valence electrons. The van der Waals surface area contributed by atoms with E-state index in [-0.39, 0.29) is 0 Å². The zero-order valence-electron chi connectivity index (χ0n) is 12.3. The van der Waals surface area contributed by atoms with Crippen molar-refractivity contribution < 1.29 is 0 Å². The summed E-state index contributed by atoms with van der Waals surface area (Å²) in [6.45, 7) is 10.4. The molecule has 1 aromatic rings. The third-order valence-corrected chi connectivity index (χ3v) is 3.03. The summed E-state index contributed by atoms with van der Waals surface area (Å²) in [5.74, 6) is 0. The molecule has 0 saturated heterocycles. The van der Waals surface area contributed by atoms with E-state index in [1.165, 1.54) is 5.56 Å². The van der Waals surface area contributed by atoms with Crippen molar-refractivity contribution in [1.29, 1.82) is 0 Å². The highest BCUT2D eigenvalue weighted by atomic mass is 79.9. The van der Waals surface area contributed by atoms with Crippen LogP contribution < -0.4 is 5.32 Å². The van der Waals surface area contributed by atoms with E-state index in [0.29, 0.717) is 6.54 Å². The van der Waals surface area contributed by atoms with E-state index in [0.717, 1.165) is 21.5 Å². The number of rotatable bonds is 6. The second kappa shape index (κ2) is 8.54. The van der Waals surface area contributed by atoms with Crippen LogP contribution in [0.25, 0.3) is 0 Å². The van der Waals surface area contributed by atoms with E-state index in [1.54, 1.807) is 6.20 Å². The molecule has 3 heteroatoms. The molecule has 0 fully saturated rings. The van der Waals surface area contributed by atoms with Crippen molar-refractivity contribution in [2.24, 2.45) is 4.99 Å². The average Bonchev–Trinajstić information content (AvgIpc) is 2.43. The first-order valence-corrected chi connectivity index (χ1v) is 7.31. The molecule has 0 heterocycles. The molecule has 0 aromatic heterocycles. The Hall–Kier alpha value is -1.61. The van der Waals surface area contributed by atoms with E-state index in [9.17, 15) is 0 Å². The number of benzene rings is 1. The molecule has 0 radical (unpaired) electrons. The van der Waals surface area contributed by atoms with Gasteiger partial charge in [0.25, 0.3) is 0 Å². The lowest BCUT2D eigenvalue weighted by Gasteiger charge is -2.09. The van der Waals surface area contributed by atoms with Crippen LogP contribution in [0, 0.1) is 0 Å². The highest BCUT2D eigenvalue weighted by Gasteiger charge is 2.04. The Bertz CT molecular complexity index is 535. The summed E-state index contributed by atoms with van der Waals surface area (Å²) in [4.78, 5) is 4.67. The van der Waals surface area contributed by atoms with Gasteiger partial charge in [0.15, 0.2) is 0 Å². The Morgan fingerprint density at radius 2 is 1.90 bits per heavy atom. The summed E-state index contributed by atoms with van der Waals surface area (Å²) in [7, 11) is 0. The predicted molar refractivity (Wildman–Crippen MR) is 92.0 cm³/mol. The minimum absolute atomic E-state index is 0.687. The van der Waals surface area contributed by atoms with E-state index < -0.39 is 0 Å². The van der Waals surface area contributed by atoms with Crippen molar-refractivity contribution >= 4 is 21.6 Å². The highest BCUT2D eigenvalue weighted by molar-refractivity contribution is 9.11. The van der Waals surface area contributed by atoms with Gasteiger partial charge in [-0.05, 0) is 43.1 Å². The highest BCUT2D eigenvalue weighted by Crippen LogP contribution is 2.14. The van der Waals surface area contributed by atoms with Gasteiger partial charge in [0.1, 0.15) is 0 Å². The summed E-state index contributed by atoms with van der Waals surface area (Å²) < 4.78 is 1.06. The Morgan fingerprint density at radius 1 is 1.25 bits per heavy atom. The number of hydrogen-bond acceptors (Lipinski definition) is 2. The SMILES string of the molecule is C=CNC(C)=C(/C=C(\C)Br)C(C)=NCc1ccccc1. The largest absolute Gasteiger partial charge is 0.365 e. The maximum Gasteiger partial charge on any atom is 0.0643 e. The van der Waals surface area contributed by atoms with Crippen LogP contribution in [0.1, 0.15) is 26.3 Å². The van der Waals surface area contributed by atoms with Gasteiger partial charge in [-0.3, -0.25) is 4.99 Å². The van der Waals surface area contributed by atoms with Gasteiger partial charge in [-0.2, -0.15) is 0 Å². The monoisotopic (exact) mass is 332 g/mol. The Labute approximate surface area is 130 Å². The average molecular weight is 333 g/mol. The van der Waals surface area contributed by atoms with Crippen LogP contribution in [-0.4, -0.2) is 5.71 Å².